The smallest absolute Gasteiger partial charge is 0.0707 e. The van der Waals surface area contributed by atoms with Gasteiger partial charge in [-0.1, -0.05) is 0 Å². The average molecular weight is 205 g/mol. The number of aliphatic hydroxyl groups excluding tert-OH is 1. The van der Waals surface area contributed by atoms with E-state index in [1.54, 1.807) is 0 Å². The summed E-state index contributed by atoms with van der Waals surface area (Å²) in [4.78, 5) is 0. The zero-order valence-electron chi connectivity index (χ0n) is 9.45. The predicted molar refractivity (Wildman–Crippen MR) is 56.2 cm³/mol. The van der Waals surface area contributed by atoms with Gasteiger partial charge in [0.15, 0.2) is 0 Å². The van der Waals surface area contributed by atoms with Crippen LogP contribution in [-0.2, 0) is 9.47 Å². The number of hydrogen-bond acceptors (Lipinski definition) is 4. The fraction of sp³-hybridized carbons (Fsp3) is 1.00. The molecule has 14 heavy (non-hydrogen) atoms. The molecule has 4 heteroatoms. The van der Waals surface area contributed by atoms with Crippen molar-refractivity contribution in [3.63, 3.8) is 0 Å². The molecule has 0 aliphatic rings. The Morgan fingerprint density at radius 1 is 1.29 bits per heavy atom. The Bertz CT molecular complexity index is 134. The third-order valence-corrected chi connectivity index (χ3v) is 1.59. The minimum absolute atomic E-state index is 0.0744. The van der Waals surface area contributed by atoms with Crippen LogP contribution in [0.25, 0.3) is 0 Å². The first kappa shape index (κ1) is 13.8. The van der Waals surface area contributed by atoms with Crippen molar-refractivity contribution in [2.45, 2.75) is 38.8 Å². The van der Waals surface area contributed by atoms with Crippen molar-refractivity contribution < 1.29 is 14.6 Å². The third-order valence-electron chi connectivity index (χ3n) is 1.59. The van der Waals surface area contributed by atoms with E-state index in [1.165, 1.54) is 0 Å². The zero-order valence-corrected chi connectivity index (χ0v) is 9.45. The molecule has 0 aromatic rings. The number of aliphatic hydroxyl groups is 1. The molecule has 1 unspecified atom stereocenters. The summed E-state index contributed by atoms with van der Waals surface area (Å²) in [5.41, 5.74) is 5.51. The maximum absolute atomic E-state index is 8.59. The Hall–Kier alpha value is -0.160. The Morgan fingerprint density at radius 2 is 1.93 bits per heavy atom. The van der Waals surface area contributed by atoms with E-state index in [2.05, 4.69) is 0 Å². The Kier molecular flexibility index (Phi) is 7.09. The fourth-order valence-corrected chi connectivity index (χ4v) is 0.891. The molecule has 0 aliphatic carbocycles. The number of rotatable bonds is 7. The maximum atomic E-state index is 8.59. The van der Waals surface area contributed by atoms with E-state index in [0.717, 1.165) is 0 Å². The molecule has 0 aliphatic heterocycles. The van der Waals surface area contributed by atoms with Crippen molar-refractivity contribution in [3.05, 3.63) is 0 Å². The van der Waals surface area contributed by atoms with Gasteiger partial charge in [-0.05, 0) is 27.2 Å². The average Bonchev–Trinajstić information content (AvgIpc) is 2.02. The molecule has 0 saturated heterocycles. The minimum Gasteiger partial charge on any atom is -0.396 e. The van der Waals surface area contributed by atoms with Crippen LogP contribution in [0.3, 0.4) is 0 Å². The lowest BCUT2D eigenvalue weighted by Gasteiger charge is -2.19. The third kappa shape index (κ3) is 9.92. The molecule has 0 fully saturated rings. The summed E-state index contributed by atoms with van der Waals surface area (Å²) in [5, 5.41) is 8.59. The highest BCUT2D eigenvalue weighted by Gasteiger charge is 2.09. The molecular weight excluding hydrogens is 182 g/mol. The van der Waals surface area contributed by atoms with E-state index in [-0.39, 0.29) is 18.2 Å². The van der Waals surface area contributed by atoms with Gasteiger partial charge in [-0.15, -0.1) is 0 Å². The molecule has 0 saturated carbocycles. The van der Waals surface area contributed by atoms with Crippen LogP contribution >= 0.6 is 0 Å². The van der Waals surface area contributed by atoms with Crippen molar-refractivity contribution in [3.8, 4) is 0 Å². The van der Waals surface area contributed by atoms with Gasteiger partial charge in [0.1, 0.15) is 0 Å². The van der Waals surface area contributed by atoms with Gasteiger partial charge >= 0.3 is 0 Å². The van der Waals surface area contributed by atoms with Crippen molar-refractivity contribution in [1.29, 1.82) is 0 Å². The van der Waals surface area contributed by atoms with Gasteiger partial charge in [-0.2, -0.15) is 0 Å². The molecule has 0 aromatic carbocycles. The molecule has 0 heterocycles. The number of nitrogens with two attached hydrogens (primary N) is 1. The van der Waals surface area contributed by atoms with Crippen LogP contribution in [0, 0.1) is 0 Å². The minimum atomic E-state index is -0.115. The molecule has 0 aromatic heterocycles. The van der Waals surface area contributed by atoms with E-state index >= 15 is 0 Å². The lowest BCUT2D eigenvalue weighted by atomic mass is 10.2. The Morgan fingerprint density at radius 3 is 2.43 bits per heavy atom. The van der Waals surface area contributed by atoms with Gasteiger partial charge < -0.3 is 20.3 Å². The van der Waals surface area contributed by atoms with E-state index in [0.29, 0.717) is 26.2 Å². The highest BCUT2D eigenvalue weighted by molar-refractivity contribution is 4.59. The summed E-state index contributed by atoms with van der Waals surface area (Å²) < 4.78 is 10.7. The van der Waals surface area contributed by atoms with Crippen LogP contribution in [0.4, 0.5) is 0 Å². The number of ether oxygens (including phenoxy) is 2. The quantitative estimate of drug-likeness (QED) is 0.595. The first-order chi connectivity index (χ1) is 6.45. The van der Waals surface area contributed by atoms with Gasteiger partial charge in [0.05, 0.1) is 25.4 Å². The highest BCUT2D eigenvalue weighted by Crippen LogP contribution is 2.05. The molecule has 0 spiro atoms. The summed E-state index contributed by atoms with van der Waals surface area (Å²) in [6.07, 6.45) is 0.583. The zero-order chi connectivity index (χ0) is 11.0. The van der Waals surface area contributed by atoms with E-state index in [4.69, 9.17) is 20.3 Å². The summed E-state index contributed by atoms with van der Waals surface area (Å²) in [5.74, 6) is 0. The van der Waals surface area contributed by atoms with Crippen LogP contribution in [0.2, 0.25) is 0 Å². The topological polar surface area (TPSA) is 64.7 Å². The summed E-state index contributed by atoms with van der Waals surface area (Å²) in [6, 6.07) is -0.0744. The second kappa shape index (κ2) is 7.17. The van der Waals surface area contributed by atoms with Crippen LogP contribution < -0.4 is 5.73 Å². The Balaban J connectivity index is 3.21. The van der Waals surface area contributed by atoms with Gasteiger partial charge in [0.25, 0.3) is 0 Å². The monoisotopic (exact) mass is 205 g/mol. The second-order valence-corrected chi connectivity index (χ2v) is 4.31. The van der Waals surface area contributed by atoms with Crippen LogP contribution in [-0.4, -0.2) is 43.2 Å². The molecule has 1 atom stereocenters. The molecule has 0 amide bonds. The van der Waals surface area contributed by atoms with Crippen LogP contribution in [0.15, 0.2) is 0 Å². The van der Waals surface area contributed by atoms with Crippen molar-refractivity contribution >= 4 is 0 Å². The van der Waals surface area contributed by atoms with Gasteiger partial charge in [0, 0.05) is 12.6 Å². The molecule has 0 rings (SSSR count). The molecule has 0 radical (unpaired) electrons. The van der Waals surface area contributed by atoms with Gasteiger partial charge in [-0.3, -0.25) is 0 Å². The second-order valence-electron chi connectivity index (χ2n) is 4.31. The highest BCUT2D eigenvalue weighted by atomic mass is 16.5. The summed E-state index contributed by atoms with van der Waals surface area (Å²) in [7, 11) is 0. The molecule has 3 N–H and O–H groups in total. The lowest BCUT2D eigenvalue weighted by Crippen LogP contribution is -2.29. The largest absolute Gasteiger partial charge is 0.396 e. The van der Waals surface area contributed by atoms with Crippen molar-refractivity contribution in [1.82, 2.24) is 0 Å². The summed E-state index contributed by atoms with van der Waals surface area (Å²) >= 11 is 0. The van der Waals surface area contributed by atoms with E-state index < -0.39 is 0 Å². The molecule has 0 bridgehead atoms. The van der Waals surface area contributed by atoms with Crippen molar-refractivity contribution in [2.75, 3.05) is 26.4 Å². The number of hydrogen-bond donors (Lipinski definition) is 2. The van der Waals surface area contributed by atoms with E-state index in [1.807, 2.05) is 20.8 Å². The van der Waals surface area contributed by atoms with Gasteiger partial charge in [-0.25, -0.2) is 0 Å². The first-order valence-electron chi connectivity index (χ1n) is 5.04. The Labute approximate surface area is 86.4 Å². The maximum Gasteiger partial charge on any atom is 0.0707 e. The first-order valence-corrected chi connectivity index (χ1v) is 5.04. The molecule has 86 valence electrons. The normalized spacial score (nSPS) is 14.4. The van der Waals surface area contributed by atoms with Crippen LogP contribution in [0.1, 0.15) is 27.2 Å². The standard InChI is InChI=1S/C10H23NO3/c1-10(2,3)14-7-6-13-8-9(11)4-5-12/h9,12H,4-8,11H2,1-3H3. The fourth-order valence-electron chi connectivity index (χ4n) is 0.891. The van der Waals surface area contributed by atoms with Crippen molar-refractivity contribution in [2.24, 2.45) is 5.73 Å². The molecule has 4 nitrogen and oxygen atoms in total. The van der Waals surface area contributed by atoms with Gasteiger partial charge in [0.2, 0.25) is 0 Å². The predicted octanol–water partition coefficient (Wildman–Crippen LogP) is 0.528. The lowest BCUT2D eigenvalue weighted by molar-refractivity contribution is -0.0367. The summed E-state index contributed by atoms with van der Waals surface area (Å²) in [6.45, 7) is 7.74. The SMILES string of the molecule is CC(C)(C)OCCOCC(N)CCO. The van der Waals surface area contributed by atoms with Crippen LogP contribution in [0.5, 0.6) is 0 Å². The molecular formula is C10H23NO3. The van der Waals surface area contributed by atoms with E-state index in [9.17, 15) is 0 Å².